The lowest BCUT2D eigenvalue weighted by Crippen LogP contribution is -2.08. The van der Waals surface area contributed by atoms with E-state index in [1.807, 2.05) is 0 Å². The van der Waals surface area contributed by atoms with E-state index in [0.717, 1.165) is 12.5 Å². The molecule has 1 aromatic carbocycles. The average molecular weight is 255 g/mol. The van der Waals surface area contributed by atoms with Gasteiger partial charge in [-0.15, -0.1) is 0 Å². The first kappa shape index (κ1) is 14.4. The number of unbranched alkanes of at least 4 members (excludes halogenated alkanes) is 2. The van der Waals surface area contributed by atoms with Crippen molar-refractivity contribution in [3.05, 3.63) is 29.1 Å². The van der Waals surface area contributed by atoms with Crippen molar-refractivity contribution in [3.8, 4) is 0 Å². The van der Waals surface area contributed by atoms with E-state index >= 15 is 0 Å². The Labute approximate surface area is 106 Å². The largest absolute Gasteiger partial charge is 0.462 e. The van der Waals surface area contributed by atoms with Gasteiger partial charge in [-0.05, 0) is 38.3 Å². The zero-order valence-corrected chi connectivity index (χ0v) is 10.4. The number of halogens is 1. The van der Waals surface area contributed by atoms with Gasteiger partial charge in [-0.1, -0.05) is 0 Å². The maximum Gasteiger partial charge on any atom is 0.338 e. The Morgan fingerprint density at radius 1 is 1.39 bits per heavy atom. The van der Waals surface area contributed by atoms with Crippen molar-refractivity contribution < 1.29 is 19.0 Å². The summed E-state index contributed by atoms with van der Waals surface area (Å²) >= 11 is 0. The lowest BCUT2D eigenvalue weighted by atomic mass is 10.1. The molecule has 0 atom stereocenters. The monoisotopic (exact) mass is 255 g/mol. The third kappa shape index (κ3) is 4.00. The number of ether oxygens (including phenoxy) is 1. The van der Waals surface area contributed by atoms with Crippen LogP contribution in [0.3, 0.4) is 0 Å². The van der Waals surface area contributed by atoms with E-state index < -0.39 is 11.8 Å². The van der Waals surface area contributed by atoms with Crippen molar-refractivity contribution in [2.75, 3.05) is 18.9 Å². The minimum Gasteiger partial charge on any atom is -0.462 e. The van der Waals surface area contributed by atoms with Crippen LogP contribution >= 0.6 is 0 Å². The summed E-state index contributed by atoms with van der Waals surface area (Å²) in [6, 6.07) is 2.54. The van der Waals surface area contributed by atoms with Crippen LogP contribution in [0.25, 0.3) is 0 Å². The molecule has 0 unspecified atom stereocenters. The minimum atomic E-state index is -0.579. The molecule has 0 heterocycles. The van der Waals surface area contributed by atoms with Gasteiger partial charge in [0.15, 0.2) is 0 Å². The third-order valence-electron chi connectivity index (χ3n) is 2.66. The van der Waals surface area contributed by atoms with Gasteiger partial charge < -0.3 is 15.6 Å². The van der Waals surface area contributed by atoms with Crippen LogP contribution in [0.2, 0.25) is 0 Å². The normalized spacial score (nSPS) is 10.4. The van der Waals surface area contributed by atoms with Gasteiger partial charge in [0.05, 0.1) is 12.2 Å². The fourth-order valence-corrected chi connectivity index (χ4v) is 1.46. The molecule has 5 heteroatoms. The van der Waals surface area contributed by atoms with E-state index in [4.69, 9.17) is 15.6 Å². The van der Waals surface area contributed by atoms with Gasteiger partial charge >= 0.3 is 5.97 Å². The fourth-order valence-electron chi connectivity index (χ4n) is 1.46. The summed E-state index contributed by atoms with van der Waals surface area (Å²) < 4.78 is 18.4. The summed E-state index contributed by atoms with van der Waals surface area (Å²) in [7, 11) is 0. The quantitative estimate of drug-likeness (QED) is 0.463. The molecule has 0 aliphatic carbocycles. The number of aliphatic hydroxyl groups is 1. The van der Waals surface area contributed by atoms with Crippen LogP contribution in [-0.2, 0) is 4.74 Å². The lowest BCUT2D eigenvalue weighted by molar-refractivity contribution is 0.0496. The van der Waals surface area contributed by atoms with Crippen LogP contribution in [-0.4, -0.2) is 24.3 Å². The predicted molar refractivity (Wildman–Crippen MR) is 66.8 cm³/mol. The van der Waals surface area contributed by atoms with Gasteiger partial charge in [-0.2, -0.15) is 0 Å². The summed E-state index contributed by atoms with van der Waals surface area (Å²) in [5.41, 5.74) is 6.27. The maximum atomic E-state index is 13.4. The molecule has 0 fully saturated rings. The Morgan fingerprint density at radius 2 is 2.11 bits per heavy atom. The Balaban J connectivity index is 2.52. The van der Waals surface area contributed by atoms with Gasteiger partial charge in [0, 0.05) is 17.9 Å². The molecular formula is C13H18FNO3. The van der Waals surface area contributed by atoms with Crippen molar-refractivity contribution in [1.82, 2.24) is 0 Å². The van der Waals surface area contributed by atoms with Crippen molar-refractivity contribution in [2.24, 2.45) is 0 Å². The number of hydrogen-bond donors (Lipinski definition) is 2. The smallest absolute Gasteiger partial charge is 0.338 e. The molecule has 3 N–H and O–H groups in total. The fraction of sp³-hybridized carbons (Fsp3) is 0.462. The molecule has 4 nitrogen and oxygen atoms in total. The summed E-state index contributed by atoms with van der Waals surface area (Å²) in [4.78, 5) is 11.6. The first-order valence-corrected chi connectivity index (χ1v) is 5.90. The van der Waals surface area contributed by atoms with E-state index in [1.165, 1.54) is 6.07 Å². The van der Waals surface area contributed by atoms with Crippen molar-refractivity contribution in [2.45, 2.75) is 26.2 Å². The van der Waals surface area contributed by atoms with E-state index in [0.29, 0.717) is 18.4 Å². The molecule has 0 bridgehead atoms. The van der Waals surface area contributed by atoms with Crippen LogP contribution in [0.1, 0.15) is 35.2 Å². The van der Waals surface area contributed by atoms with Crippen LogP contribution in [0, 0.1) is 12.7 Å². The Morgan fingerprint density at radius 3 is 2.72 bits per heavy atom. The standard InChI is InChI=1S/C13H18FNO3/c1-9-11(14)7-10(8-12(9)15)13(17)18-6-4-2-3-5-16/h7-8,16H,2-6,15H2,1H3. The topological polar surface area (TPSA) is 72.6 Å². The predicted octanol–water partition coefficient (Wildman–Crippen LogP) is 2.04. The first-order chi connectivity index (χ1) is 8.56. The highest BCUT2D eigenvalue weighted by Gasteiger charge is 2.12. The summed E-state index contributed by atoms with van der Waals surface area (Å²) in [6.45, 7) is 1.94. The van der Waals surface area contributed by atoms with Crippen molar-refractivity contribution >= 4 is 11.7 Å². The van der Waals surface area contributed by atoms with Gasteiger partial charge in [-0.25, -0.2) is 9.18 Å². The third-order valence-corrected chi connectivity index (χ3v) is 2.66. The summed E-state index contributed by atoms with van der Waals surface area (Å²) in [6.07, 6.45) is 2.15. The number of carbonyl (C=O) groups is 1. The number of rotatable bonds is 6. The molecular weight excluding hydrogens is 237 g/mol. The number of esters is 1. The highest BCUT2D eigenvalue weighted by Crippen LogP contribution is 2.18. The Hall–Kier alpha value is -1.62. The molecule has 100 valence electrons. The molecule has 0 saturated heterocycles. The number of carbonyl (C=O) groups excluding carboxylic acids is 1. The highest BCUT2D eigenvalue weighted by molar-refractivity contribution is 5.90. The molecule has 1 rings (SSSR count). The van der Waals surface area contributed by atoms with Crippen LogP contribution in [0.5, 0.6) is 0 Å². The number of nitrogen functional groups attached to an aromatic ring is 1. The van der Waals surface area contributed by atoms with Crippen molar-refractivity contribution in [3.63, 3.8) is 0 Å². The molecule has 0 aromatic heterocycles. The second kappa shape index (κ2) is 6.96. The lowest BCUT2D eigenvalue weighted by Gasteiger charge is -2.07. The van der Waals surface area contributed by atoms with E-state index in [-0.39, 0.29) is 24.5 Å². The highest BCUT2D eigenvalue weighted by atomic mass is 19.1. The van der Waals surface area contributed by atoms with E-state index in [9.17, 15) is 9.18 Å². The van der Waals surface area contributed by atoms with Gasteiger partial charge in [0.1, 0.15) is 5.82 Å². The zero-order valence-electron chi connectivity index (χ0n) is 10.4. The van der Waals surface area contributed by atoms with E-state index in [2.05, 4.69) is 0 Å². The molecule has 0 amide bonds. The SMILES string of the molecule is Cc1c(N)cc(C(=O)OCCCCCO)cc1F. The van der Waals surface area contributed by atoms with Gasteiger partial charge in [0.2, 0.25) is 0 Å². The molecule has 0 aliphatic heterocycles. The molecule has 0 aliphatic rings. The average Bonchev–Trinajstić information content (AvgIpc) is 2.34. The van der Waals surface area contributed by atoms with E-state index in [1.54, 1.807) is 6.92 Å². The summed E-state index contributed by atoms with van der Waals surface area (Å²) in [5, 5.41) is 8.58. The van der Waals surface area contributed by atoms with Gasteiger partial charge in [-0.3, -0.25) is 0 Å². The molecule has 0 radical (unpaired) electrons. The number of hydrogen-bond acceptors (Lipinski definition) is 4. The minimum absolute atomic E-state index is 0.123. The summed E-state index contributed by atoms with van der Waals surface area (Å²) in [5.74, 6) is -1.09. The second-order valence-corrected chi connectivity index (χ2v) is 4.09. The second-order valence-electron chi connectivity index (χ2n) is 4.09. The first-order valence-electron chi connectivity index (χ1n) is 5.90. The van der Waals surface area contributed by atoms with Crippen LogP contribution in [0.4, 0.5) is 10.1 Å². The number of benzene rings is 1. The molecule has 0 spiro atoms. The molecule has 1 aromatic rings. The Bertz CT molecular complexity index is 398. The van der Waals surface area contributed by atoms with Crippen molar-refractivity contribution in [1.29, 1.82) is 0 Å². The van der Waals surface area contributed by atoms with Crippen LogP contribution < -0.4 is 5.73 Å². The number of anilines is 1. The Kier molecular flexibility index (Phi) is 5.58. The zero-order chi connectivity index (χ0) is 13.5. The molecule has 18 heavy (non-hydrogen) atoms. The maximum absolute atomic E-state index is 13.4. The number of aliphatic hydroxyl groups excluding tert-OH is 1. The van der Waals surface area contributed by atoms with Crippen LogP contribution in [0.15, 0.2) is 12.1 Å². The molecule has 0 saturated carbocycles. The van der Waals surface area contributed by atoms with Gasteiger partial charge in [0.25, 0.3) is 0 Å². The number of nitrogens with two attached hydrogens (primary N) is 1.